The average molecular weight is 252 g/mol. The molecule has 1 aromatic carbocycles. The summed E-state index contributed by atoms with van der Waals surface area (Å²) in [5.41, 5.74) is 0.776. The molecule has 0 aromatic heterocycles. The fourth-order valence-corrected chi connectivity index (χ4v) is 2.23. The molecule has 1 aliphatic heterocycles. The molecule has 1 saturated heterocycles. The molecule has 0 saturated carbocycles. The maximum atomic E-state index is 10.3. The zero-order valence-electron chi connectivity index (χ0n) is 10.9. The van der Waals surface area contributed by atoms with Crippen LogP contribution in [-0.2, 0) is 4.74 Å². The molecule has 1 fully saturated rings. The van der Waals surface area contributed by atoms with E-state index in [-0.39, 0.29) is 6.10 Å². The van der Waals surface area contributed by atoms with Gasteiger partial charge in [0.2, 0.25) is 0 Å². The second-order valence-electron chi connectivity index (χ2n) is 4.50. The zero-order valence-corrected chi connectivity index (χ0v) is 10.9. The summed E-state index contributed by atoms with van der Waals surface area (Å²) in [6.45, 7) is 0.725. The quantitative estimate of drug-likeness (QED) is 0.893. The van der Waals surface area contributed by atoms with Crippen LogP contribution in [0.2, 0.25) is 0 Å². The normalized spacial score (nSPS) is 21.4. The van der Waals surface area contributed by atoms with Crippen molar-refractivity contribution in [2.75, 3.05) is 20.8 Å². The molecule has 0 bridgehead atoms. The molecular weight excluding hydrogens is 232 g/mol. The molecule has 2 unspecified atom stereocenters. The number of methoxy groups -OCH3 is 2. The molecule has 4 nitrogen and oxygen atoms in total. The van der Waals surface area contributed by atoms with Gasteiger partial charge in [0.15, 0.2) is 0 Å². The monoisotopic (exact) mass is 252 g/mol. The van der Waals surface area contributed by atoms with Gasteiger partial charge >= 0.3 is 0 Å². The Labute approximate surface area is 107 Å². The van der Waals surface area contributed by atoms with Crippen LogP contribution in [0.5, 0.6) is 11.5 Å². The SMILES string of the molecule is COc1cc(OC)cc(C(O)C2CCCCO2)c1. The van der Waals surface area contributed by atoms with Crippen molar-refractivity contribution in [2.24, 2.45) is 0 Å². The topological polar surface area (TPSA) is 47.9 Å². The summed E-state index contributed by atoms with van der Waals surface area (Å²) >= 11 is 0. The Morgan fingerprint density at radius 2 is 1.83 bits per heavy atom. The van der Waals surface area contributed by atoms with Crippen molar-refractivity contribution in [2.45, 2.75) is 31.5 Å². The number of hydrogen-bond acceptors (Lipinski definition) is 4. The van der Waals surface area contributed by atoms with Gasteiger partial charge in [-0.25, -0.2) is 0 Å². The van der Waals surface area contributed by atoms with Crippen molar-refractivity contribution in [3.05, 3.63) is 23.8 Å². The summed E-state index contributed by atoms with van der Waals surface area (Å²) < 4.78 is 16.0. The highest BCUT2D eigenvalue weighted by Crippen LogP contribution is 2.31. The second kappa shape index (κ2) is 6.07. The first-order valence-corrected chi connectivity index (χ1v) is 6.27. The minimum absolute atomic E-state index is 0.129. The summed E-state index contributed by atoms with van der Waals surface area (Å²) in [5.74, 6) is 1.36. The largest absolute Gasteiger partial charge is 0.497 e. The highest BCUT2D eigenvalue weighted by atomic mass is 16.5. The van der Waals surface area contributed by atoms with Crippen LogP contribution >= 0.6 is 0 Å². The first-order chi connectivity index (χ1) is 8.74. The molecule has 2 atom stereocenters. The van der Waals surface area contributed by atoms with Gasteiger partial charge in [0.25, 0.3) is 0 Å². The molecule has 18 heavy (non-hydrogen) atoms. The standard InChI is InChI=1S/C14H20O4/c1-16-11-7-10(8-12(9-11)17-2)14(15)13-5-3-4-6-18-13/h7-9,13-15H,3-6H2,1-2H3. The minimum atomic E-state index is -0.630. The van der Waals surface area contributed by atoms with Gasteiger partial charge < -0.3 is 19.3 Å². The molecule has 0 aliphatic carbocycles. The first-order valence-electron chi connectivity index (χ1n) is 6.27. The van der Waals surface area contributed by atoms with E-state index in [1.54, 1.807) is 20.3 Å². The van der Waals surface area contributed by atoms with Gasteiger partial charge in [-0.15, -0.1) is 0 Å². The maximum Gasteiger partial charge on any atom is 0.122 e. The van der Waals surface area contributed by atoms with Crippen molar-refractivity contribution in [1.82, 2.24) is 0 Å². The van der Waals surface area contributed by atoms with Crippen LogP contribution in [-0.4, -0.2) is 32.0 Å². The Bertz CT molecular complexity index is 363. The lowest BCUT2D eigenvalue weighted by molar-refractivity contribution is -0.0634. The molecule has 0 radical (unpaired) electrons. The summed E-state index contributed by atoms with van der Waals surface area (Å²) in [4.78, 5) is 0. The lowest BCUT2D eigenvalue weighted by Crippen LogP contribution is -2.26. The van der Waals surface area contributed by atoms with Crippen molar-refractivity contribution >= 4 is 0 Å². The van der Waals surface area contributed by atoms with Crippen molar-refractivity contribution in [1.29, 1.82) is 0 Å². The number of aliphatic hydroxyl groups excluding tert-OH is 1. The Hall–Kier alpha value is -1.26. The number of rotatable bonds is 4. The predicted octanol–water partition coefficient (Wildman–Crippen LogP) is 2.31. The molecular formula is C14H20O4. The van der Waals surface area contributed by atoms with Gasteiger partial charge in [0, 0.05) is 12.7 Å². The van der Waals surface area contributed by atoms with Gasteiger partial charge in [-0.05, 0) is 37.0 Å². The highest BCUT2D eigenvalue weighted by Gasteiger charge is 2.24. The van der Waals surface area contributed by atoms with E-state index in [2.05, 4.69) is 0 Å². The third kappa shape index (κ3) is 2.94. The third-order valence-corrected chi connectivity index (χ3v) is 3.28. The molecule has 4 heteroatoms. The van der Waals surface area contributed by atoms with Crippen molar-refractivity contribution in [3.8, 4) is 11.5 Å². The number of aliphatic hydroxyl groups is 1. The third-order valence-electron chi connectivity index (χ3n) is 3.28. The van der Waals surface area contributed by atoms with Gasteiger partial charge in [0.1, 0.15) is 17.6 Å². The summed E-state index contributed by atoms with van der Waals surface area (Å²) in [6.07, 6.45) is 2.30. The van der Waals surface area contributed by atoms with Crippen LogP contribution in [0.3, 0.4) is 0 Å². The molecule has 0 spiro atoms. The van der Waals surface area contributed by atoms with Crippen LogP contribution in [0.25, 0.3) is 0 Å². The van der Waals surface area contributed by atoms with Crippen molar-refractivity contribution < 1.29 is 19.3 Å². The van der Waals surface area contributed by atoms with Gasteiger partial charge in [-0.2, -0.15) is 0 Å². The fourth-order valence-electron chi connectivity index (χ4n) is 2.23. The lowest BCUT2D eigenvalue weighted by Gasteiger charge is -2.27. The maximum absolute atomic E-state index is 10.3. The predicted molar refractivity (Wildman–Crippen MR) is 68.1 cm³/mol. The molecule has 1 N–H and O–H groups in total. The first kappa shape index (κ1) is 13.2. The smallest absolute Gasteiger partial charge is 0.122 e. The van der Waals surface area contributed by atoms with Crippen molar-refractivity contribution in [3.63, 3.8) is 0 Å². The molecule has 0 amide bonds. The number of hydrogen-bond donors (Lipinski definition) is 1. The van der Waals surface area contributed by atoms with E-state index in [0.29, 0.717) is 11.5 Å². The molecule has 100 valence electrons. The van der Waals surface area contributed by atoms with Gasteiger partial charge in [-0.3, -0.25) is 0 Å². The van der Waals surface area contributed by atoms with E-state index < -0.39 is 6.10 Å². The van der Waals surface area contributed by atoms with E-state index in [4.69, 9.17) is 14.2 Å². The van der Waals surface area contributed by atoms with Crippen LogP contribution in [0, 0.1) is 0 Å². The Morgan fingerprint density at radius 1 is 1.17 bits per heavy atom. The van der Waals surface area contributed by atoms with Crippen LogP contribution in [0.1, 0.15) is 30.9 Å². The highest BCUT2D eigenvalue weighted by molar-refractivity contribution is 5.39. The summed E-state index contributed by atoms with van der Waals surface area (Å²) in [6, 6.07) is 5.44. The van der Waals surface area contributed by atoms with Gasteiger partial charge in [-0.1, -0.05) is 0 Å². The average Bonchev–Trinajstić information content (AvgIpc) is 2.46. The second-order valence-corrected chi connectivity index (χ2v) is 4.50. The molecule has 1 aliphatic rings. The Morgan fingerprint density at radius 3 is 2.33 bits per heavy atom. The molecule has 1 heterocycles. The Kier molecular flexibility index (Phi) is 4.44. The van der Waals surface area contributed by atoms with E-state index >= 15 is 0 Å². The molecule has 2 rings (SSSR count). The Balaban J connectivity index is 2.19. The number of ether oxygens (including phenoxy) is 3. The van der Waals surface area contributed by atoms with Crippen LogP contribution < -0.4 is 9.47 Å². The van der Waals surface area contributed by atoms with E-state index in [1.165, 1.54) is 0 Å². The van der Waals surface area contributed by atoms with E-state index in [9.17, 15) is 5.11 Å². The molecule has 1 aromatic rings. The lowest BCUT2D eigenvalue weighted by atomic mass is 9.98. The zero-order chi connectivity index (χ0) is 13.0. The van der Waals surface area contributed by atoms with E-state index in [0.717, 1.165) is 31.4 Å². The van der Waals surface area contributed by atoms with Crippen LogP contribution in [0.15, 0.2) is 18.2 Å². The fraction of sp³-hybridized carbons (Fsp3) is 0.571. The summed E-state index contributed by atoms with van der Waals surface area (Å²) in [7, 11) is 3.20. The van der Waals surface area contributed by atoms with Gasteiger partial charge in [0.05, 0.1) is 20.3 Å². The summed E-state index contributed by atoms with van der Waals surface area (Å²) in [5, 5.41) is 10.3. The van der Waals surface area contributed by atoms with E-state index in [1.807, 2.05) is 12.1 Å². The minimum Gasteiger partial charge on any atom is -0.497 e. The number of benzene rings is 1. The van der Waals surface area contributed by atoms with Crippen LogP contribution in [0.4, 0.5) is 0 Å².